The highest BCUT2D eigenvalue weighted by molar-refractivity contribution is 5.97. The summed E-state index contributed by atoms with van der Waals surface area (Å²) in [5, 5.41) is 2.70. The van der Waals surface area contributed by atoms with Gasteiger partial charge in [0.15, 0.2) is 0 Å². The van der Waals surface area contributed by atoms with E-state index in [1.807, 2.05) is 0 Å². The van der Waals surface area contributed by atoms with Crippen molar-refractivity contribution in [3.8, 4) is 11.5 Å². The Morgan fingerprint density at radius 3 is 2.38 bits per heavy atom. The zero-order valence-corrected chi connectivity index (χ0v) is 13.1. The molecule has 0 bridgehead atoms. The van der Waals surface area contributed by atoms with E-state index in [-0.39, 0.29) is 17.1 Å². The molecule has 1 amide bonds. The maximum atomic E-state index is 13.3. The lowest BCUT2D eigenvalue weighted by Gasteiger charge is -2.16. The molecule has 0 radical (unpaired) electrons. The molecular formula is C17H16F3NO3. The van der Waals surface area contributed by atoms with Crippen molar-refractivity contribution in [1.82, 2.24) is 5.32 Å². The van der Waals surface area contributed by atoms with E-state index in [2.05, 4.69) is 10.1 Å². The lowest BCUT2D eigenvalue weighted by Crippen LogP contribution is -2.27. The van der Waals surface area contributed by atoms with Gasteiger partial charge in [-0.15, -0.1) is 0 Å². The highest BCUT2D eigenvalue weighted by Gasteiger charge is 2.16. The number of benzene rings is 2. The molecule has 0 aliphatic heterocycles. The monoisotopic (exact) mass is 339 g/mol. The Balaban J connectivity index is 2.10. The molecule has 1 atom stereocenters. The van der Waals surface area contributed by atoms with Gasteiger partial charge >= 0.3 is 6.61 Å². The topological polar surface area (TPSA) is 47.6 Å². The molecule has 7 heteroatoms. The molecule has 0 aliphatic rings. The average Bonchev–Trinajstić information content (AvgIpc) is 2.54. The Morgan fingerprint density at radius 2 is 1.79 bits per heavy atom. The standard InChI is InChI=1S/C17H16F3NO3/c1-10(11-3-6-13(7-4-11)24-17(19)20)21-16(22)14-9-12(18)5-8-15(14)23-2/h3-10,17H,1-2H3,(H,21,22). The van der Waals surface area contributed by atoms with E-state index in [9.17, 15) is 18.0 Å². The van der Waals surface area contributed by atoms with E-state index in [0.29, 0.717) is 5.56 Å². The van der Waals surface area contributed by atoms with Gasteiger partial charge in [-0.2, -0.15) is 8.78 Å². The minimum atomic E-state index is -2.89. The highest BCUT2D eigenvalue weighted by Crippen LogP contribution is 2.22. The molecule has 0 aliphatic carbocycles. The van der Waals surface area contributed by atoms with Crippen LogP contribution >= 0.6 is 0 Å². The van der Waals surface area contributed by atoms with E-state index in [0.717, 1.165) is 6.07 Å². The number of amides is 1. The van der Waals surface area contributed by atoms with Crippen molar-refractivity contribution in [3.63, 3.8) is 0 Å². The van der Waals surface area contributed by atoms with Crippen molar-refractivity contribution in [2.45, 2.75) is 19.6 Å². The lowest BCUT2D eigenvalue weighted by molar-refractivity contribution is -0.0498. The summed E-state index contributed by atoms with van der Waals surface area (Å²) in [4.78, 5) is 12.3. The zero-order chi connectivity index (χ0) is 17.7. The Bertz CT molecular complexity index is 705. The first-order chi connectivity index (χ1) is 11.4. The van der Waals surface area contributed by atoms with Crippen molar-refractivity contribution in [3.05, 3.63) is 59.4 Å². The minimum Gasteiger partial charge on any atom is -0.496 e. The molecule has 2 aromatic rings. The van der Waals surface area contributed by atoms with Crippen LogP contribution in [0.2, 0.25) is 0 Å². The van der Waals surface area contributed by atoms with Gasteiger partial charge in [-0.3, -0.25) is 4.79 Å². The Hall–Kier alpha value is -2.70. The largest absolute Gasteiger partial charge is 0.496 e. The van der Waals surface area contributed by atoms with E-state index < -0.39 is 24.4 Å². The molecule has 128 valence electrons. The number of carbonyl (C=O) groups excluding carboxylic acids is 1. The average molecular weight is 339 g/mol. The highest BCUT2D eigenvalue weighted by atomic mass is 19.3. The molecule has 2 aromatic carbocycles. The van der Waals surface area contributed by atoms with Gasteiger partial charge < -0.3 is 14.8 Å². The molecule has 0 spiro atoms. The second-order valence-electron chi connectivity index (χ2n) is 4.99. The van der Waals surface area contributed by atoms with Crippen LogP contribution in [0.5, 0.6) is 11.5 Å². The summed E-state index contributed by atoms with van der Waals surface area (Å²) in [6, 6.07) is 9.11. The van der Waals surface area contributed by atoms with Gasteiger partial charge in [0.25, 0.3) is 5.91 Å². The smallest absolute Gasteiger partial charge is 0.387 e. The molecule has 0 heterocycles. The fourth-order valence-electron chi connectivity index (χ4n) is 2.15. The van der Waals surface area contributed by atoms with E-state index in [1.54, 1.807) is 19.1 Å². The van der Waals surface area contributed by atoms with E-state index in [4.69, 9.17) is 4.74 Å². The molecule has 0 saturated carbocycles. The van der Waals surface area contributed by atoms with Gasteiger partial charge in [-0.05, 0) is 42.8 Å². The second kappa shape index (κ2) is 7.72. The third-order valence-corrected chi connectivity index (χ3v) is 3.36. The third kappa shape index (κ3) is 4.41. The van der Waals surface area contributed by atoms with Crippen LogP contribution < -0.4 is 14.8 Å². The SMILES string of the molecule is COc1ccc(F)cc1C(=O)NC(C)c1ccc(OC(F)F)cc1. The summed E-state index contributed by atoms with van der Waals surface area (Å²) in [5.41, 5.74) is 0.752. The van der Waals surface area contributed by atoms with Crippen molar-refractivity contribution in [1.29, 1.82) is 0 Å². The first-order valence-corrected chi connectivity index (χ1v) is 7.10. The fourth-order valence-corrected chi connectivity index (χ4v) is 2.15. The number of methoxy groups -OCH3 is 1. The van der Waals surface area contributed by atoms with Crippen LogP contribution in [-0.2, 0) is 0 Å². The van der Waals surface area contributed by atoms with Gasteiger partial charge in [0.1, 0.15) is 17.3 Å². The summed E-state index contributed by atoms with van der Waals surface area (Å²) in [6.45, 7) is -1.18. The van der Waals surface area contributed by atoms with Crippen LogP contribution in [0.1, 0.15) is 28.9 Å². The van der Waals surface area contributed by atoms with Crippen molar-refractivity contribution in [2.24, 2.45) is 0 Å². The number of hydrogen-bond donors (Lipinski definition) is 1. The number of carbonyl (C=O) groups is 1. The van der Waals surface area contributed by atoms with E-state index >= 15 is 0 Å². The van der Waals surface area contributed by atoms with Crippen LogP contribution in [0.15, 0.2) is 42.5 Å². The van der Waals surface area contributed by atoms with Crippen LogP contribution in [-0.4, -0.2) is 19.6 Å². The number of rotatable bonds is 6. The molecule has 2 rings (SSSR count). The molecule has 1 unspecified atom stereocenters. The second-order valence-corrected chi connectivity index (χ2v) is 4.99. The summed E-state index contributed by atoms with van der Waals surface area (Å²) < 4.78 is 46.9. The predicted molar refractivity (Wildman–Crippen MR) is 81.9 cm³/mol. The minimum absolute atomic E-state index is 0.0269. The summed E-state index contributed by atoms with van der Waals surface area (Å²) in [5.74, 6) is -0.783. The number of nitrogens with one attached hydrogen (secondary N) is 1. The Labute approximate surface area is 137 Å². The summed E-state index contributed by atoms with van der Waals surface area (Å²) in [7, 11) is 1.38. The van der Waals surface area contributed by atoms with Crippen molar-refractivity contribution in [2.75, 3.05) is 7.11 Å². The third-order valence-electron chi connectivity index (χ3n) is 3.36. The summed E-state index contributed by atoms with van der Waals surface area (Å²) >= 11 is 0. The summed E-state index contributed by atoms with van der Waals surface area (Å²) in [6.07, 6.45) is 0. The van der Waals surface area contributed by atoms with Gasteiger partial charge in [0.05, 0.1) is 18.7 Å². The van der Waals surface area contributed by atoms with Crippen molar-refractivity contribution < 1.29 is 27.4 Å². The molecule has 0 saturated heterocycles. The molecule has 1 N–H and O–H groups in total. The quantitative estimate of drug-likeness (QED) is 0.867. The number of hydrogen-bond acceptors (Lipinski definition) is 3. The normalized spacial score (nSPS) is 11.9. The van der Waals surface area contributed by atoms with Crippen molar-refractivity contribution >= 4 is 5.91 Å². The Morgan fingerprint density at radius 1 is 1.12 bits per heavy atom. The Kier molecular flexibility index (Phi) is 5.68. The molecular weight excluding hydrogens is 323 g/mol. The van der Waals surface area contributed by atoms with Crippen LogP contribution in [0.4, 0.5) is 13.2 Å². The van der Waals surface area contributed by atoms with Crippen LogP contribution in [0, 0.1) is 5.82 Å². The van der Waals surface area contributed by atoms with E-state index in [1.165, 1.54) is 31.4 Å². The fraction of sp³-hybridized carbons (Fsp3) is 0.235. The number of ether oxygens (including phenoxy) is 2. The molecule has 4 nitrogen and oxygen atoms in total. The first-order valence-electron chi connectivity index (χ1n) is 7.10. The van der Waals surface area contributed by atoms with Crippen LogP contribution in [0.25, 0.3) is 0 Å². The molecule has 0 fully saturated rings. The van der Waals surface area contributed by atoms with Gasteiger partial charge in [0.2, 0.25) is 0 Å². The first kappa shape index (κ1) is 17.7. The van der Waals surface area contributed by atoms with Gasteiger partial charge in [-0.1, -0.05) is 12.1 Å². The maximum Gasteiger partial charge on any atom is 0.387 e. The maximum absolute atomic E-state index is 13.3. The van der Waals surface area contributed by atoms with Gasteiger partial charge in [-0.25, -0.2) is 4.39 Å². The number of alkyl halides is 2. The lowest BCUT2D eigenvalue weighted by atomic mass is 10.1. The zero-order valence-electron chi connectivity index (χ0n) is 13.1. The number of halogens is 3. The molecule has 24 heavy (non-hydrogen) atoms. The molecule has 0 aromatic heterocycles. The predicted octanol–water partition coefficient (Wildman–Crippen LogP) is 3.93. The van der Waals surface area contributed by atoms with Crippen LogP contribution in [0.3, 0.4) is 0 Å². The van der Waals surface area contributed by atoms with Gasteiger partial charge in [0, 0.05) is 0 Å².